The molecule has 0 amide bonds. The standard InChI is InChI=1S/C9H14O/c1-3-4-5-6-7-8-9(2)10/h3,5-6H,1,4,7-8H2,2H3/b6-5+. The highest BCUT2D eigenvalue weighted by Crippen LogP contribution is 1.93. The van der Waals surface area contributed by atoms with Gasteiger partial charge in [-0.05, 0) is 19.8 Å². The molecule has 0 unspecified atom stereocenters. The molecule has 0 spiro atoms. The molecule has 0 aliphatic rings. The van der Waals surface area contributed by atoms with Gasteiger partial charge in [0.05, 0.1) is 0 Å². The molecule has 0 radical (unpaired) electrons. The Kier molecular flexibility index (Phi) is 5.74. The quantitative estimate of drug-likeness (QED) is 0.533. The highest BCUT2D eigenvalue weighted by Gasteiger charge is 1.86. The molecule has 0 rings (SSSR count). The van der Waals surface area contributed by atoms with E-state index in [-0.39, 0.29) is 5.78 Å². The first kappa shape index (κ1) is 9.15. The van der Waals surface area contributed by atoms with Crippen molar-refractivity contribution < 1.29 is 4.79 Å². The van der Waals surface area contributed by atoms with Gasteiger partial charge in [-0.15, -0.1) is 6.58 Å². The SMILES string of the molecule is C=CC/C=C/CCC(C)=O. The summed E-state index contributed by atoms with van der Waals surface area (Å²) in [5, 5.41) is 0. The van der Waals surface area contributed by atoms with Crippen LogP contribution in [0.4, 0.5) is 0 Å². The molecule has 10 heavy (non-hydrogen) atoms. The van der Waals surface area contributed by atoms with Crippen molar-refractivity contribution in [3.63, 3.8) is 0 Å². The van der Waals surface area contributed by atoms with Crippen LogP contribution in [-0.2, 0) is 4.79 Å². The van der Waals surface area contributed by atoms with E-state index in [1.807, 2.05) is 18.2 Å². The summed E-state index contributed by atoms with van der Waals surface area (Å²) >= 11 is 0. The van der Waals surface area contributed by atoms with Gasteiger partial charge in [-0.3, -0.25) is 0 Å². The summed E-state index contributed by atoms with van der Waals surface area (Å²) in [6.07, 6.45) is 8.30. The minimum absolute atomic E-state index is 0.253. The van der Waals surface area contributed by atoms with Crippen LogP contribution in [0.25, 0.3) is 0 Å². The average molecular weight is 138 g/mol. The average Bonchev–Trinajstić information content (AvgIpc) is 1.87. The number of carbonyl (C=O) groups is 1. The van der Waals surface area contributed by atoms with E-state index in [0.717, 1.165) is 12.8 Å². The van der Waals surface area contributed by atoms with Crippen LogP contribution in [0.5, 0.6) is 0 Å². The fraction of sp³-hybridized carbons (Fsp3) is 0.444. The number of Topliss-reactive ketones (excluding diaryl/α,β-unsaturated/α-hetero) is 1. The maximum atomic E-state index is 10.4. The molecule has 0 bridgehead atoms. The van der Waals surface area contributed by atoms with E-state index in [1.165, 1.54) is 0 Å². The predicted octanol–water partition coefficient (Wildman–Crippen LogP) is 2.49. The van der Waals surface area contributed by atoms with E-state index in [0.29, 0.717) is 6.42 Å². The van der Waals surface area contributed by atoms with Crippen molar-refractivity contribution in [3.05, 3.63) is 24.8 Å². The molecule has 0 heterocycles. The number of hydrogen-bond donors (Lipinski definition) is 0. The Morgan fingerprint density at radius 1 is 1.50 bits per heavy atom. The van der Waals surface area contributed by atoms with Gasteiger partial charge in [-0.25, -0.2) is 0 Å². The highest BCUT2D eigenvalue weighted by molar-refractivity contribution is 5.75. The van der Waals surface area contributed by atoms with Crippen molar-refractivity contribution in [1.29, 1.82) is 0 Å². The van der Waals surface area contributed by atoms with Gasteiger partial charge < -0.3 is 4.79 Å². The lowest BCUT2D eigenvalue weighted by Crippen LogP contribution is -1.85. The second-order valence-corrected chi connectivity index (χ2v) is 2.24. The maximum absolute atomic E-state index is 10.4. The van der Waals surface area contributed by atoms with E-state index >= 15 is 0 Å². The van der Waals surface area contributed by atoms with Gasteiger partial charge in [0.25, 0.3) is 0 Å². The summed E-state index contributed by atoms with van der Waals surface area (Å²) in [5.74, 6) is 0.253. The summed E-state index contributed by atoms with van der Waals surface area (Å²) in [5.41, 5.74) is 0. The van der Waals surface area contributed by atoms with E-state index in [9.17, 15) is 4.79 Å². The molecule has 0 saturated heterocycles. The number of ketones is 1. The molecule has 0 atom stereocenters. The highest BCUT2D eigenvalue weighted by atomic mass is 16.1. The molecule has 0 aliphatic carbocycles. The van der Waals surface area contributed by atoms with Crippen LogP contribution in [0.1, 0.15) is 26.2 Å². The summed E-state index contributed by atoms with van der Waals surface area (Å²) in [4.78, 5) is 10.4. The molecule has 1 heteroatoms. The second-order valence-electron chi connectivity index (χ2n) is 2.24. The molecule has 0 aliphatic heterocycles. The smallest absolute Gasteiger partial charge is 0.130 e. The van der Waals surface area contributed by atoms with Crippen molar-refractivity contribution in [1.82, 2.24) is 0 Å². The van der Waals surface area contributed by atoms with Gasteiger partial charge in [-0.1, -0.05) is 18.2 Å². The lowest BCUT2D eigenvalue weighted by Gasteiger charge is -1.86. The van der Waals surface area contributed by atoms with E-state index < -0.39 is 0 Å². The molecule has 56 valence electrons. The Morgan fingerprint density at radius 2 is 2.20 bits per heavy atom. The lowest BCUT2D eigenvalue weighted by molar-refractivity contribution is -0.116. The van der Waals surface area contributed by atoms with Crippen LogP contribution in [0.2, 0.25) is 0 Å². The van der Waals surface area contributed by atoms with E-state index in [1.54, 1.807) is 6.92 Å². The van der Waals surface area contributed by atoms with Crippen LogP contribution < -0.4 is 0 Å². The fourth-order valence-corrected chi connectivity index (χ4v) is 0.597. The van der Waals surface area contributed by atoms with Crippen LogP contribution in [0, 0.1) is 0 Å². The van der Waals surface area contributed by atoms with E-state index in [4.69, 9.17) is 0 Å². The topological polar surface area (TPSA) is 17.1 Å². The molecular formula is C9H14O. The van der Waals surface area contributed by atoms with Gasteiger partial charge in [0.1, 0.15) is 5.78 Å². The predicted molar refractivity (Wildman–Crippen MR) is 43.9 cm³/mol. The molecule has 0 saturated carbocycles. The first-order valence-electron chi connectivity index (χ1n) is 3.52. The molecule has 0 aromatic carbocycles. The summed E-state index contributed by atoms with van der Waals surface area (Å²) in [6.45, 7) is 5.19. The third kappa shape index (κ3) is 7.15. The van der Waals surface area contributed by atoms with Crippen molar-refractivity contribution >= 4 is 5.78 Å². The molecule has 0 fully saturated rings. The summed E-state index contributed by atoms with van der Waals surface area (Å²) in [6, 6.07) is 0. The van der Waals surface area contributed by atoms with Crippen LogP contribution >= 0.6 is 0 Å². The Balaban J connectivity index is 3.18. The van der Waals surface area contributed by atoms with Crippen molar-refractivity contribution in [2.45, 2.75) is 26.2 Å². The van der Waals surface area contributed by atoms with Gasteiger partial charge in [-0.2, -0.15) is 0 Å². The van der Waals surface area contributed by atoms with Crippen molar-refractivity contribution in [2.24, 2.45) is 0 Å². The minimum Gasteiger partial charge on any atom is -0.300 e. The third-order valence-electron chi connectivity index (χ3n) is 1.13. The maximum Gasteiger partial charge on any atom is 0.130 e. The van der Waals surface area contributed by atoms with Gasteiger partial charge in [0, 0.05) is 6.42 Å². The first-order valence-corrected chi connectivity index (χ1v) is 3.52. The van der Waals surface area contributed by atoms with Crippen molar-refractivity contribution in [2.75, 3.05) is 0 Å². The zero-order chi connectivity index (χ0) is 7.82. The third-order valence-corrected chi connectivity index (χ3v) is 1.13. The van der Waals surface area contributed by atoms with Gasteiger partial charge in [0.15, 0.2) is 0 Å². The Morgan fingerprint density at radius 3 is 2.70 bits per heavy atom. The summed E-state index contributed by atoms with van der Waals surface area (Å²) < 4.78 is 0. The zero-order valence-electron chi connectivity index (χ0n) is 6.47. The monoisotopic (exact) mass is 138 g/mol. The van der Waals surface area contributed by atoms with Crippen LogP contribution in [-0.4, -0.2) is 5.78 Å². The normalized spacial score (nSPS) is 10.1. The first-order chi connectivity index (χ1) is 4.77. The number of allylic oxidation sites excluding steroid dienone is 3. The van der Waals surface area contributed by atoms with Gasteiger partial charge in [0.2, 0.25) is 0 Å². The molecular weight excluding hydrogens is 124 g/mol. The molecule has 1 nitrogen and oxygen atoms in total. The van der Waals surface area contributed by atoms with Crippen LogP contribution in [0.15, 0.2) is 24.8 Å². The molecule has 0 N–H and O–H groups in total. The Hall–Kier alpha value is -0.850. The van der Waals surface area contributed by atoms with E-state index in [2.05, 4.69) is 6.58 Å². The number of hydrogen-bond acceptors (Lipinski definition) is 1. The molecule has 0 aromatic heterocycles. The Labute approximate surface area is 62.4 Å². The largest absolute Gasteiger partial charge is 0.300 e. The van der Waals surface area contributed by atoms with Crippen molar-refractivity contribution in [3.8, 4) is 0 Å². The minimum atomic E-state index is 0.253. The summed E-state index contributed by atoms with van der Waals surface area (Å²) in [7, 11) is 0. The second kappa shape index (κ2) is 6.27. The fourth-order valence-electron chi connectivity index (χ4n) is 0.597. The Bertz CT molecular complexity index is 134. The number of rotatable bonds is 5. The van der Waals surface area contributed by atoms with Crippen LogP contribution in [0.3, 0.4) is 0 Å². The number of carbonyl (C=O) groups excluding carboxylic acids is 1. The lowest BCUT2D eigenvalue weighted by atomic mass is 10.2. The zero-order valence-corrected chi connectivity index (χ0v) is 6.47. The van der Waals surface area contributed by atoms with Gasteiger partial charge >= 0.3 is 0 Å². The molecule has 0 aromatic rings.